The number of nitrogens with zero attached hydrogens (tertiary/aromatic N) is 1. The zero-order chi connectivity index (χ0) is 20.7. The average Bonchev–Trinajstić information content (AvgIpc) is 3.69. The van der Waals surface area contributed by atoms with Gasteiger partial charge in [0, 0.05) is 30.8 Å². The first-order valence-corrected chi connectivity index (χ1v) is 10.9. The molecule has 2 heterocycles. The van der Waals surface area contributed by atoms with Crippen LogP contribution in [0.15, 0.2) is 46.9 Å². The monoisotopic (exact) mass is 408 g/mol. The van der Waals surface area contributed by atoms with Crippen LogP contribution < -0.4 is 5.32 Å². The molecule has 6 nitrogen and oxygen atoms in total. The Balaban J connectivity index is 1.27. The van der Waals surface area contributed by atoms with Crippen molar-refractivity contribution in [2.75, 3.05) is 26.3 Å². The summed E-state index contributed by atoms with van der Waals surface area (Å²) >= 11 is 0. The molecule has 5 rings (SSSR count). The standard InChI is InChI=1S/C24H28N2O4/c1-15-13-17(15)20-7-8-21(30-20)18-14-19(18)23(27)25-22(16-5-3-2-4-6-16)24(28)26-9-11-29-12-10-26/h2-8,15,17-19,22H,9-14H2,1H3,(H,25,27). The number of ether oxygens (including phenoxy) is 1. The third-order valence-electron chi connectivity index (χ3n) is 6.60. The third kappa shape index (κ3) is 3.88. The Morgan fingerprint density at radius 3 is 2.33 bits per heavy atom. The first kappa shape index (κ1) is 19.4. The second kappa shape index (κ2) is 7.91. The molecule has 0 radical (unpaired) electrons. The van der Waals surface area contributed by atoms with Gasteiger partial charge in [0.15, 0.2) is 0 Å². The first-order chi connectivity index (χ1) is 14.6. The minimum Gasteiger partial charge on any atom is -0.465 e. The van der Waals surface area contributed by atoms with Crippen molar-refractivity contribution in [3.8, 4) is 0 Å². The van der Waals surface area contributed by atoms with Gasteiger partial charge < -0.3 is 19.4 Å². The lowest BCUT2D eigenvalue weighted by atomic mass is 10.0. The molecule has 3 aliphatic rings. The second-order valence-corrected chi connectivity index (χ2v) is 8.80. The van der Waals surface area contributed by atoms with Crippen LogP contribution in [0.5, 0.6) is 0 Å². The predicted molar refractivity (Wildman–Crippen MR) is 111 cm³/mol. The Kier molecular flexibility index (Phi) is 5.11. The van der Waals surface area contributed by atoms with Gasteiger partial charge in [-0.05, 0) is 36.5 Å². The number of hydrogen-bond acceptors (Lipinski definition) is 4. The van der Waals surface area contributed by atoms with Gasteiger partial charge >= 0.3 is 0 Å². The summed E-state index contributed by atoms with van der Waals surface area (Å²) in [4.78, 5) is 28.0. The molecule has 0 spiro atoms. The minimum absolute atomic E-state index is 0.0712. The molecule has 1 aromatic carbocycles. The second-order valence-electron chi connectivity index (χ2n) is 8.80. The molecule has 158 valence electrons. The molecule has 3 fully saturated rings. The van der Waals surface area contributed by atoms with Crippen LogP contribution in [0.4, 0.5) is 0 Å². The molecule has 0 bridgehead atoms. The van der Waals surface area contributed by atoms with E-state index in [9.17, 15) is 9.59 Å². The van der Waals surface area contributed by atoms with Crippen LogP contribution in [0, 0.1) is 11.8 Å². The fraction of sp³-hybridized carbons (Fsp3) is 0.500. The number of furan rings is 1. The number of amides is 2. The zero-order valence-corrected chi connectivity index (χ0v) is 17.3. The Morgan fingerprint density at radius 1 is 1.00 bits per heavy atom. The quantitative estimate of drug-likeness (QED) is 0.797. The molecule has 1 N–H and O–H groups in total. The Labute approximate surface area is 176 Å². The molecule has 2 saturated carbocycles. The summed E-state index contributed by atoms with van der Waals surface area (Å²) in [6.07, 6.45) is 1.95. The van der Waals surface area contributed by atoms with E-state index in [0.717, 1.165) is 23.5 Å². The van der Waals surface area contributed by atoms with E-state index < -0.39 is 6.04 Å². The molecule has 1 saturated heterocycles. The van der Waals surface area contributed by atoms with Gasteiger partial charge in [-0.1, -0.05) is 37.3 Å². The summed E-state index contributed by atoms with van der Waals surface area (Å²) in [7, 11) is 0. The molecule has 1 aliphatic heterocycles. The van der Waals surface area contributed by atoms with Crippen LogP contribution in [0.3, 0.4) is 0 Å². The number of carbonyl (C=O) groups excluding carboxylic acids is 2. The van der Waals surface area contributed by atoms with Crippen molar-refractivity contribution in [3.05, 3.63) is 59.5 Å². The van der Waals surface area contributed by atoms with E-state index in [0.29, 0.717) is 38.1 Å². The van der Waals surface area contributed by atoms with Gasteiger partial charge in [-0.15, -0.1) is 0 Å². The molecular weight excluding hydrogens is 380 g/mol. The molecule has 6 heteroatoms. The van der Waals surface area contributed by atoms with E-state index in [2.05, 4.69) is 18.3 Å². The lowest BCUT2D eigenvalue weighted by molar-refractivity contribution is -0.140. The molecule has 2 aliphatic carbocycles. The van der Waals surface area contributed by atoms with E-state index in [-0.39, 0.29) is 23.7 Å². The smallest absolute Gasteiger partial charge is 0.249 e. The molecule has 5 unspecified atom stereocenters. The predicted octanol–water partition coefficient (Wildman–Crippen LogP) is 3.22. The molecule has 30 heavy (non-hydrogen) atoms. The van der Waals surface area contributed by atoms with Gasteiger partial charge in [-0.2, -0.15) is 0 Å². The normalized spacial score (nSPS) is 28.6. The molecule has 1 aromatic heterocycles. The summed E-state index contributed by atoms with van der Waals surface area (Å²) in [5.41, 5.74) is 0.808. The highest BCUT2D eigenvalue weighted by molar-refractivity contribution is 5.91. The topological polar surface area (TPSA) is 71.8 Å². The highest BCUT2D eigenvalue weighted by Gasteiger charge is 2.48. The summed E-state index contributed by atoms with van der Waals surface area (Å²) in [5.74, 6) is 3.02. The molecular formula is C24H28N2O4. The SMILES string of the molecule is CC1CC1c1ccc(C2CC2C(=O)NC(C(=O)N2CCOCC2)c2ccccc2)o1. The lowest BCUT2D eigenvalue weighted by Crippen LogP contribution is -2.47. The van der Waals surface area contributed by atoms with Gasteiger partial charge in [-0.3, -0.25) is 9.59 Å². The summed E-state index contributed by atoms with van der Waals surface area (Å²) in [6, 6.07) is 12.9. The van der Waals surface area contributed by atoms with Crippen LogP contribution in [0.25, 0.3) is 0 Å². The largest absolute Gasteiger partial charge is 0.465 e. The van der Waals surface area contributed by atoms with Gasteiger partial charge in [-0.25, -0.2) is 0 Å². The zero-order valence-electron chi connectivity index (χ0n) is 17.3. The number of benzene rings is 1. The van der Waals surface area contributed by atoms with E-state index in [1.807, 2.05) is 36.4 Å². The van der Waals surface area contributed by atoms with Crippen LogP contribution in [-0.2, 0) is 14.3 Å². The van der Waals surface area contributed by atoms with Crippen molar-refractivity contribution < 1.29 is 18.7 Å². The highest BCUT2D eigenvalue weighted by atomic mass is 16.5. The number of nitrogens with one attached hydrogen (secondary N) is 1. The Bertz CT molecular complexity index is 918. The van der Waals surface area contributed by atoms with Crippen molar-refractivity contribution in [1.29, 1.82) is 0 Å². The van der Waals surface area contributed by atoms with Gasteiger partial charge in [0.1, 0.15) is 17.6 Å². The van der Waals surface area contributed by atoms with Crippen molar-refractivity contribution in [1.82, 2.24) is 10.2 Å². The van der Waals surface area contributed by atoms with Gasteiger partial charge in [0.2, 0.25) is 11.8 Å². The van der Waals surface area contributed by atoms with Crippen LogP contribution >= 0.6 is 0 Å². The molecule has 5 atom stereocenters. The summed E-state index contributed by atoms with van der Waals surface area (Å²) in [5, 5.41) is 3.03. The summed E-state index contributed by atoms with van der Waals surface area (Å²) < 4.78 is 11.4. The van der Waals surface area contributed by atoms with Crippen LogP contribution in [-0.4, -0.2) is 43.0 Å². The first-order valence-electron chi connectivity index (χ1n) is 10.9. The Morgan fingerprint density at radius 2 is 1.67 bits per heavy atom. The maximum atomic E-state index is 13.2. The van der Waals surface area contributed by atoms with E-state index in [4.69, 9.17) is 9.15 Å². The van der Waals surface area contributed by atoms with Crippen molar-refractivity contribution in [2.24, 2.45) is 11.8 Å². The molecule has 2 aromatic rings. The third-order valence-corrected chi connectivity index (χ3v) is 6.60. The van der Waals surface area contributed by atoms with Crippen molar-refractivity contribution >= 4 is 11.8 Å². The number of morpholine rings is 1. The number of rotatable bonds is 6. The van der Waals surface area contributed by atoms with Crippen molar-refractivity contribution in [3.63, 3.8) is 0 Å². The fourth-order valence-electron chi connectivity index (χ4n) is 4.43. The number of carbonyl (C=O) groups is 2. The maximum Gasteiger partial charge on any atom is 0.249 e. The van der Waals surface area contributed by atoms with Crippen LogP contribution in [0.1, 0.15) is 54.7 Å². The number of hydrogen-bond donors (Lipinski definition) is 1. The van der Waals surface area contributed by atoms with E-state index in [1.54, 1.807) is 4.90 Å². The average molecular weight is 408 g/mol. The van der Waals surface area contributed by atoms with Crippen LogP contribution in [0.2, 0.25) is 0 Å². The lowest BCUT2D eigenvalue weighted by Gasteiger charge is -2.31. The summed E-state index contributed by atoms with van der Waals surface area (Å²) in [6.45, 7) is 4.41. The van der Waals surface area contributed by atoms with E-state index in [1.165, 1.54) is 6.42 Å². The fourth-order valence-corrected chi connectivity index (χ4v) is 4.43. The highest BCUT2D eigenvalue weighted by Crippen LogP contribution is 2.52. The van der Waals surface area contributed by atoms with Gasteiger partial charge in [0.05, 0.1) is 13.2 Å². The van der Waals surface area contributed by atoms with Gasteiger partial charge in [0.25, 0.3) is 0 Å². The molecule has 2 amide bonds. The minimum atomic E-state index is -0.669. The van der Waals surface area contributed by atoms with E-state index >= 15 is 0 Å². The maximum absolute atomic E-state index is 13.2. The van der Waals surface area contributed by atoms with Crippen molar-refractivity contribution in [2.45, 2.75) is 37.6 Å². The Hall–Kier alpha value is -2.60.